The lowest BCUT2D eigenvalue weighted by molar-refractivity contribution is -0.139. The first-order valence-corrected chi connectivity index (χ1v) is 9.73. The predicted molar refractivity (Wildman–Crippen MR) is 93.6 cm³/mol. The van der Waals surface area contributed by atoms with Crippen LogP contribution in [-0.4, -0.2) is 57.9 Å². The van der Waals surface area contributed by atoms with Crippen molar-refractivity contribution in [3.63, 3.8) is 0 Å². The number of rotatable bonds is 4. The van der Waals surface area contributed by atoms with Gasteiger partial charge in [0.2, 0.25) is 5.91 Å². The van der Waals surface area contributed by atoms with Gasteiger partial charge in [-0.15, -0.1) is 0 Å². The molecule has 0 radical (unpaired) electrons. The van der Waals surface area contributed by atoms with E-state index in [9.17, 15) is 4.79 Å². The molecular weight excluding hydrogens is 300 g/mol. The highest BCUT2D eigenvalue weighted by Crippen LogP contribution is 2.41. The molecule has 132 valence electrons. The summed E-state index contributed by atoms with van der Waals surface area (Å²) in [5.74, 6) is 0.345. The van der Waals surface area contributed by atoms with Gasteiger partial charge in [-0.3, -0.25) is 9.69 Å². The Morgan fingerprint density at radius 1 is 1.21 bits per heavy atom. The second-order valence-corrected chi connectivity index (χ2v) is 8.15. The summed E-state index contributed by atoms with van der Waals surface area (Å²) < 4.78 is 0. The highest BCUT2D eigenvalue weighted by molar-refractivity contribution is 5.77. The number of piperidine rings is 2. The normalized spacial score (nSPS) is 29.7. The molecule has 3 heterocycles. The van der Waals surface area contributed by atoms with Crippen LogP contribution in [0.4, 0.5) is 0 Å². The van der Waals surface area contributed by atoms with Gasteiger partial charge in [-0.1, -0.05) is 12.8 Å². The summed E-state index contributed by atoms with van der Waals surface area (Å²) in [6, 6.07) is 0.818. The van der Waals surface area contributed by atoms with Crippen LogP contribution >= 0.6 is 0 Å². The minimum Gasteiger partial charge on any atom is -0.348 e. The van der Waals surface area contributed by atoms with E-state index < -0.39 is 0 Å². The van der Waals surface area contributed by atoms with Crippen molar-refractivity contribution < 1.29 is 4.79 Å². The average Bonchev–Trinajstić information content (AvgIpc) is 3.30. The summed E-state index contributed by atoms with van der Waals surface area (Å²) >= 11 is 0. The zero-order valence-electron chi connectivity index (χ0n) is 14.7. The summed E-state index contributed by atoms with van der Waals surface area (Å²) in [6.45, 7) is 4.27. The van der Waals surface area contributed by atoms with Gasteiger partial charge in [0.15, 0.2) is 0 Å². The maximum atomic E-state index is 12.4. The predicted octanol–water partition coefficient (Wildman–Crippen LogP) is 2.60. The first-order chi connectivity index (χ1) is 11.7. The molecule has 0 bridgehead atoms. The van der Waals surface area contributed by atoms with Crippen molar-refractivity contribution in [3.05, 3.63) is 18.2 Å². The minimum absolute atomic E-state index is 0.345. The maximum absolute atomic E-state index is 12.4. The van der Waals surface area contributed by atoms with Crippen LogP contribution in [0.15, 0.2) is 12.5 Å². The molecule has 2 saturated heterocycles. The number of nitrogens with zero attached hydrogens (tertiary/aromatic N) is 3. The molecule has 0 unspecified atom stereocenters. The molecule has 5 heteroatoms. The van der Waals surface area contributed by atoms with E-state index in [1.165, 1.54) is 51.6 Å². The van der Waals surface area contributed by atoms with Gasteiger partial charge in [-0.25, -0.2) is 4.98 Å². The standard InChI is InChI=1S/C19H30N4O/c24-18-6-9-19(14-23(18)11-7-16-12-20-15-21-16)8-3-10-22(13-19)17-4-1-2-5-17/h12,15,17H,1-11,13-14H2,(H,20,21)/t19-/m1/s1. The van der Waals surface area contributed by atoms with Crippen LogP contribution in [0.3, 0.4) is 0 Å². The number of aromatic nitrogens is 2. The van der Waals surface area contributed by atoms with Crippen LogP contribution in [0.2, 0.25) is 0 Å². The van der Waals surface area contributed by atoms with Crippen molar-refractivity contribution in [2.75, 3.05) is 26.2 Å². The number of hydrogen-bond acceptors (Lipinski definition) is 3. The van der Waals surface area contributed by atoms with Crippen molar-refractivity contribution in [1.82, 2.24) is 19.8 Å². The maximum Gasteiger partial charge on any atom is 0.222 e. The molecule has 1 amide bonds. The number of nitrogens with one attached hydrogen (secondary N) is 1. The van der Waals surface area contributed by atoms with Gasteiger partial charge < -0.3 is 9.88 Å². The quantitative estimate of drug-likeness (QED) is 0.923. The van der Waals surface area contributed by atoms with Gasteiger partial charge in [0.1, 0.15) is 0 Å². The first-order valence-electron chi connectivity index (χ1n) is 9.73. The van der Waals surface area contributed by atoms with E-state index in [4.69, 9.17) is 0 Å². The molecule has 0 aromatic carbocycles. The van der Waals surface area contributed by atoms with E-state index in [1.54, 1.807) is 6.33 Å². The molecule has 1 saturated carbocycles. The Hall–Kier alpha value is -1.36. The van der Waals surface area contributed by atoms with Crippen LogP contribution < -0.4 is 0 Å². The molecule has 2 aliphatic heterocycles. The highest BCUT2D eigenvalue weighted by Gasteiger charge is 2.43. The summed E-state index contributed by atoms with van der Waals surface area (Å²) in [6.07, 6.45) is 14.5. The Kier molecular flexibility index (Phi) is 4.61. The Balaban J connectivity index is 1.39. The lowest BCUT2D eigenvalue weighted by atomic mass is 9.73. The third kappa shape index (κ3) is 3.37. The Morgan fingerprint density at radius 3 is 2.88 bits per heavy atom. The molecule has 4 rings (SSSR count). The summed E-state index contributed by atoms with van der Waals surface area (Å²) in [7, 11) is 0. The number of aromatic amines is 1. The van der Waals surface area contributed by atoms with Crippen molar-refractivity contribution in [2.45, 2.75) is 63.8 Å². The van der Waals surface area contributed by atoms with Gasteiger partial charge >= 0.3 is 0 Å². The molecule has 1 aromatic rings. The number of amides is 1. The largest absolute Gasteiger partial charge is 0.348 e. The van der Waals surface area contributed by atoms with Gasteiger partial charge in [0, 0.05) is 55.8 Å². The van der Waals surface area contributed by atoms with E-state index in [1.807, 2.05) is 6.20 Å². The lowest BCUT2D eigenvalue weighted by Crippen LogP contribution is -2.55. The van der Waals surface area contributed by atoms with E-state index in [0.717, 1.165) is 44.1 Å². The van der Waals surface area contributed by atoms with Crippen LogP contribution in [0.25, 0.3) is 0 Å². The molecular formula is C19H30N4O. The van der Waals surface area contributed by atoms with Crippen molar-refractivity contribution in [1.29, 1.82) is 0 Å². The molecule has 3 aliphatic rings. The van der Waals surface area contributed by atoms with E-state index >= 15 is 0 Å². The highest BCUT2D eigenvalue weighted by atomic mass is 16.2. The Labute approximate surface area is 144 Å². The number of carbonyl (C=O) groups is 1. The fourth-order valence-electron chi connectivity index (χ4n) is 5.14. The molecule has 5 nitrogen and oxygen atoms in total. The van der Waals surface area contributed by atoms with Gasteiger partial charge in [0.05, 0.1) is 6.33 Å². The summed E-state index contributed by atoms with van der Waals surface area (Å²) in [4.78, 5) is 24.5. The van der Waals surface area contributed by atoms with Gasteiger partial charge in [0.25, 0.3) is 0 Å². The van der Waals surface area contributed by atoms with Gasteiger partial charge in [-0.2, -0.15) is 0 Å². The van der Waals surface area contributed by atoms with Crippen LogP contribution in [0.1, 0.15) is 57.1 Å². The Morgan fingerprint density at radius 2 is 2.08 bits per heavy atom. The molecule has 24 heavy (non-hydrogen) atoms. The number of imidazole rings is 1. The molecule has 3 fully saturated rings. The molecule has 1 atom stereocenters. The third-order valence-corrected chi connectivity index (χ3v) is 6.49. The number of likely N-dealkylation sites (tertiary alicyclic amines) is 2. The topological polar surface area (TPSA) is 52.2 Å². The van der Waals surface area contributed by atoms with E-state index in [-0.39, 0.29) is 0 Å². The third-order valence-electron chi connectivity index (χ3n) is 6.49. The molecule has 1 aromatic heterocycles. The zero-order chi connectivity index (χ0) is 16.4. The minimum atomic E-state index is 0.345. The monoisotopic (exact) mass is 330 g/mol. The average molecular weight is 330 g/mol. The number of H-pyrrole nitrogens is 1. The van der Waals surface area contributed by atoms with Crippen molar-refractivity contribution in [2.24, 2.45) is 5.41 Å². The fraction of sp³-hybridized carbons (Fsp3) is 0.789. The first kappa shape index (κ1) is 16.1. The van der Waals surface area contributed by atoms with Crippen LogP contribution in [-0.2, 0) is 11.2 Å². The summed E-state index contributed by atoms with van der Waals surface area (Å²) in [5, 5.41) is 0. The summed E-state index contributed by atoms with van der Waals surface area (Å²) in [5.41, 5.74) is 1.47. The van der Waals surface area contributed by atoms with Crippen molar-refractivity contribution in [3.8, 4) is 0 Å². The molecule has 1 aliphatic carbocycles. The smallest absolute Gasteiger partial charge is 0.222 e. The lowest BCUT2D eigenvalue weighted by Gasteiger charge is -2.49. The Bertz CT molecular complexity index is 552. The van der Waals surface area contributed by atoms with Crippen molar-refractivity contribution >= 4 is 5.91 Å². The van der Waals surface area contributed by atoms with E-state index in [2.05, 4.69) is 19.8 Å². The fourth-order valence-corrected chi connectivity index (χ4v) is 5.14. The second kappa shape index (κ2) is 6.87. The van der Waals surface area contributed by atoms with E-state index in [0.29, 0.717) is 11.3 Å². The van der Waals surface area contributed by atoms with Crippen LogP contribution in [0.5, 0.6) is 0 Å². The molecule has 1 spiro atoms. The van der Waals surface area contributed by atoms with Gasteiger partial charge in [-0.05, 0) is 38.6 Å². The zero-order valence-corrected chi connectivity index (χ0v) is 14.7. The number of hydrogen-bond donors (Lipinski definition) is 1. The van der Waals surface area contributed by atoms with Crippen LogP contribution in [0, 0.1) is 5.41 Å². The SMILES string of the molecule is O=C1CC[C@@]2(CCCN(C3CCCC3)C2)CN1CCc1cnc[nH]1. The molecule has 1 N–H and O–H groups in total. The number of carbonyl (C=O) groups excluding carboxylic acids is 1. The second-order valence-electron chi connectivity index (χ2n) is 8.15.